The van der Waals surface area contributed by atoms with E-state index in [1.54, 1.807) is 48.5 Å². The van der Waals surface area contributed by atoms with Crippen molar-refractivity contribution in [3.8, 4) is 0 Å². The molecule has 3 rings (SSSR count). The second kappa shape index (κ2) is 10.7. The number of rotatable bonds is 8. The van der Waals surface area contributed by atoms with Crippen LogP contribution in [0.4, 0.5) is 10.1 Å². The highest BCUT2D eigenvalue weighted by Gasteiger charge is 2.27. The maximum atomic E-state index is 13.3. The second-order valence-corrected chi connectivity index (χ2v) is 9.07. The van der Waals surface area contributed by atoms with E-state index in [1.165, 1.54) is 13.3 Å². The van der Waals surface area contributed by atoms with Crippen molar-refractivity contribution in [1.82, 2.24) is 5.43 Å². The largest absolute Gasteiger partial charge is 0.465 e. The third-order valence-electron chi connectivity index (χ3n) is 4.75. The molecule has 176 valence electrons. The molecule has 1 amide bonds. The van der Waals surface area contributed by atoms with Gasteiger partial charge in [0.25, 0.3) is 15.9 Å². The van der Waals surface area contributed by atoms with E-state index >= 15 is 0 Å². The van der Waals surface area contributed by atoms with E-state index in [0.29, 0.717) is 11.1 Å². The molecule has 0 radical (unpaired) electrons. The van der Waals surface area contributed by atoms with Gasteiger partial charge < -0.3 is 4.74 Å². The van der Waals surface area contributed by atoms with Crippen LogP contribution in [-0.2, 0) is 19.6 Å². The number of ether oxygens (including phenoxy) is 1. The lowest BCUT2D eigenvalue weighted by atomic mass is 10.1. The average molecular weight is 484 g/mol. The van der Waals surface area contributed by atoms with Crippen LogP contribution >= 0.6 is 0 Å². The number of hydrogen-bond donors (Lipinski definition) is 1. The molecule has 0 unspecified atom stereocenters. The lowest BCUT2D eigenvalue weighted by Crippen LogP contribution is -2.39. The van der Waals surface area contributed by atoms with E-state index in [0.717, 1.165) is 34.1 Å². The number of halogens is 1. The molecule has 0 aliphatic rings. The molecule has 3 aromatic carbocycles. The van der Waals surface area contributed by atoms with Crippen LogP contribution in [0.2, 0.25) is 0 Å². The third-order valence-corrected chi connectivity index (χ3v) is 6.53. The van der Waals surface area contributed by atoms with Crippen LogP contribution in [0.5, 0.6) is 0 Å². The van der Waals surface area contributed by atoms with Crippen molar-refractivity contribution in [1.29, 1.82) is 0 Å². The number of esters is 1. The van der Waals surface area contributed by atoms with E-state index in [4.69, 9.17) is 0 Å². The number of nitrogens with one attached hydrogen (secondary N) is 1. The molecule has 0 saturated heterocycles. The Morgan fingerprint density at radius 1 is 1.00 bits per heavy atom. The van der Waals surface area contributed by atoms with E-state index in [1.807, 2.05) is 6.92 Å². The van der Waals surface area contributed by atoms with Crippen LogP contribution < -0.4 is 9.73 Å². The summed E-state index contributed by atoms with van der Waals surface area (Å²) < 4.78 is 45.3. The standard InChI is InChI=1S/C24H22FN3O5S/c1-17-3-11-21(12-4-17)28(34(31,32)22-13-9-20(25)10-14-22)16-23(29)27-26-15-18-5-7-19(8-6-18)24(30)33-2/h3-15H,16H2,1-2H3,(H,27,29)/b26-15-. The number of nitrogens with zero attached hydrogens (tertiary/aromatic N) is 2. The highest BCUT2D eigenvalue weighted by Crippen LogP contribution is 2.24. The minimum atomic E-state index is -4.16. The van der Waals surface area contributed by atoms with Crippen molar-refractivity contribution >= 4 is 33.8 Å². The summed E-state index contributed by atoms with van der Waals surface area (Å²) in [6, 6.07) is 17.3. The molecule has 1 N–H and O–H groups in total. The third kappa shape index (κ3) is 6.04. The number of methoxy groups -OCH3 is 1. The zero-order valence-corrected chi connectivity index (χ0v) is 19.3. The SMILES string of the molecule is COC(=O)c1ccc(/C=N\NC(=O)CN(c2ccc(C)cc2)S(=O)(=O)c2ccc(F)cc2)cc1. The Bertz CT molecular complexity index is 1290. The summed E-state index contributed by atoms with van der Waals surface area (Å²) in [6.45, 7) is 1.29. The van der Waals surface area contributed by atoms with Gasteiger partial charge in [-0.25, -0.2) is 23.0 Å². The van der Waals surface area contributed by atoms with Crippen molar-refractivity contribution in [2.45, 2.75) is 11.8 Å². The van der Waals surface area contributed by atoms with Crippen molar-refractivity contribution in [2.75, 3.05) is 18.0 Å². The number of carbonyl (C=O) groups excluding carboxylic acids is 2. The molecule has 0 spiro atoms. The van der Waals surface area contributed by atoms with E-state index < -0.39 is 34.3 Å². The average Bonchev–Trinajstić information content (AvgIpc) is 2.83. The molecule has 3 aromatic rings. The minimum absolute atomic E-state index is 0.156. The zero-order chi connectivity index (χ0) is 24.7. The number of benzene rings is 3. The lowest BCUT2D eigenvalue weighted by molar-refractivity contribution is -0.119. The molecule has 0 bridgehead atoms. The van der Waals surface area contributed by atoms with Gasteiger partial charge in [0.1, 0.15) is 12.4 Å². The topological polar surface area (TPSA) is 105 Å². The first-order valence-electron chi connectivity index (χ1n) is 10.1. The Kier molecular flexibility index (Phi) is 7.75. The number of carbonyl (C=O) groups is 2. The Hall–Kier alpha value is -4.05. The molecule has 10 heteroatoms. The fourth-order valence-electron chi connectivity index (χ4n) is 2.93. The maximum Gasteiger partial charge on any atom is 0.337 e. The van der Waals surface area contributed by atoms with Gasteiger partial charge in [0.05, 0.1) is 29.5 Å². The molecule has 0 fully saturated rings. The fraction of sp³-hybridized carbons (Fsp3) is 0.125. The fourth-order valence-corrected chi connectivity index (χ4v) is 4.35. The summed E-state index contributed by atoms with van der Waals surface area (Å²) in [4.78, 5) is 23.9. The van der Waals surface area contributed by atoms with Crippen molar-refractivity contribution in [3.05, 3.63) is 95.3 Å². The number of anilines is 1. The second-order valence-electron chi connectivity index (χ2n) is 7.21. The predicted octanol–water partition coefficient (Wildman–Crippen LogP) is 3.27. The monoisotopic (exact) mass is 483 g/mol. The number of hydrazone groups is 1. The van der Waals surface area contributed by atoms with Crippen LogP contribution in [0, 0.1) is 12.7 Å². The summed E-state index contributed by atoms with van der Waals surface area (Å²) in [7, 11) is -2.88. The van der Waals surface area contributed by atoms with Gasteiger partial charge in [0, 0.05) is 0 Å². The van der Waals surface area contributed by atoms with Crippen molar-refractivity contribution in [2.24, 2.45) is 5.10 Å². The molecular weight excluding hydrogens is 461 g/mol. The first kappa shape index (κ1) is 24.6. The van der Waals surface area contributed by atoms with Crippen LogP contribution in [0.25, 0.3) is 0 Å². The van der Waals surface area contributed by atoms with E-state index in [2.05, 4.69) is 15.3 Å². The minimum Gasteiger partial charge on any atom is -0.465 e. The smallest absolute Gasteiger partial charge is 0.337 e. The number of aryl methyl sites for hydroxylation is 1. The van der Waals surface area contributed by atoms with E-state index in [9.17, 15) is 22.4 Å². The van der Waals surface area contributed by atoms with Crippen LogP contribution in [-0.4, -0.2) is 40.2 Å². The first-order chi connectivity index (χ1) is 16.2. The Morgan fingerprint density at radius 3 is 2.21 bits per heavy atom. The van der Waals surface area contributed by atoms with Crippen LogP contribution in [0.15, 0.2) is 82.8 Å². The predicted molar refractivity (Wildman–Crippen MR) is 126 cm³/mol. The molecule has 0 atom stereocenters. The number of sulfonamides is 1. The van der Waals surface area contributed by atoms with Crippen molar-refractivity contribution in [3.63, 3.8) is 0 Å². The quantitative estimate of drug-likeness (QED) is 0.301. The summed E-state index contributed by atoms with van der Waals surface area (Å²) in [5, 5.41) is 3.85. The zero-order valence-electron chi connectivity index (χ0n) is 18.4. The summed E-state index contributed by atoms with van der Waals surface area (Å²) >= 11 is 0. The van der Waals surface area contributed by atoms with Gasteiger partial charge >= 0.3 is 5.97 Å². The van der Waals surface area contributed by atoms with Gasteiger partial charge in [0.2, 0.25) is 0 Å². The molecule has 0 aliphatic heterocycles. The Morgan fingerprint density at radius 2 is 1.62 bits per heavy atom. The molecular formula is C24H22FN3O5S. The molecule has 0 aromatic heterocycles. The van der Waals surface area contributed by atoms with Gasteiger partial charge in [-0.05, 0) is 61.0 Å². The van der Waals surface area contributed by atoms with Crippen molar-refractivity contribution < 1.29 is 27.1 Å². The van der Waals surface area contributed by atoms with E-state index in [-0.39, 0.29) is 10.6 Å². The van der Waals surface area contributed by atoms with Gasteiger partial charge in [-0.2, -0.15) is 5.10 Å². The van der Waals surface area contributed by atoms with Gasteiger partial charge in [-0.3, -0.25) is 9.10 Å². The lowest BCUT2D eigenvalue weighted by Gasteiger charge is -2.23. The molecule has 0 aliphatic carbocycles. The molecule has 0 saturated carbocycles. The molecule has 34 heavy (non-hydrogen) atoms. The molecule has 8 nitrogen and oxygen atoms in total. The maximum absolute atomic E-state index is 13.3. The van der Waals surface area contributed by atoms with Gasteiger partial charge in [0.15, 0.2) is 0 Å². The summed E-state index contributed by atoms with van der Waals surface area (Å²) in [5.41, 5.74) is 4.44. The molecule has 0 heterocycles. The summed E-state index contributed by atoms with van der Waals surface area (Å²) in [6.07, 6.45) is 1.35. The number of amides is 1. The highest BCUT2D eigenvalue weighted by molar-refractivity contribution is 7.92. The van der Waals surface area contributed by atoms with Gasteiger partial charge in [-0.15, -0.1) is 0 Å². The van der Waals surface area contributed by atoms with Gasteiger partial charge in [-0.1, -0.05) is 29.8 Å². The van der Waals surface area contributed by atoms with Crippen LogP contribution in [0.3, 0.4) is 0 Å². The number of hydrogen-bond acceptors (Lipinski definition) is 6. The highest BCUT2D eigenvalue weighted by atomic mass is 32.2. The Labute approximate surface area is 196 Å². The first-order valence-corrected chi connectivity index (χ1v) is 11.5. The summed E-state index contributed by atoms with van der Waals surface area (Å²) in [5.74, 6) is -1.74. The van der Waals surface area contributed by atoms with Crippen LogP contribution in [0.1, 0.15) is 21.5 Å². The Balaban J connectivity index is 1.77. The normalized spacial score (nSPS) is 11.3.